The van der Waals surface area contributed by atoms with Gasteiger partial charge in [-0.1, -0.05) is 44.2 Å². The monoisotopic (exact) mass is 367 g/mol. The summed E-state index contributed by atoms with van der Waals surface area (Å²) in [5, 5.41) is 0. The van der Waals surface area contributed by atoms with E-state index < -0.39 is 21.3 Å². The van der Waals surface area contributed by atoms with Crippen molar-refractivity contribution >= 4 is 15.9 Å². The molecule has 0 heterocycles. The molecule has 0 aromatic heterocycles. The summed E-state index contributed by atoms with van der Waals surface area (Å²) >= 11 is 0. The third-order valence-electron chi connectivity index (χ3n) is 6.12. The highest BCUT2D eigenvalue weighted by Gasteiger charge is 2.64. The highest BCUT2D eigenvalue weighted by molar-refractivity contribution is 7.85. The summed E-state index contributed by atoms with van der Waals surface area (Å²) in [6, 6.07) is 10.5. The minimum Gasteiger partial charge on any atom is -0.748 e. The molecule has 2 fully saturated rings. The summed E-state index contributed by atoms with van der Waals surface area (Å²) in [4.78, 5) is 11.8. The van der Waals surface area contributed by atoms with E-state index in [1.54, 1.807) is 0 Å². The zero-order chi connectivity index (χ0) is 18.7. The van der Waals surface area contributed by atoms with Gasteiger partial charge in [-0.3, -0.25) is 4.79 Å². The number of hydrogen-bond acceptors (Lipinski definition) is 4. The van der Waals surface area contributed by atoms with E-state index in [9.17, 15) is 17.8 Å². The highest BCUT2D eigenvalue weighted by atomic mass is 32.2. The van der Waals surface area contributed by atoms with E-state index in [1.807, 2.05) is 19.9 Å². The fourth-order valence-corrected chi connectivity index (χ4v) is 5.66. The van der Waals surface area contributed by atoms with Crippen molar-refractivity contribution < 1.29 is 23.5 Å². The number of fused-ring (bicyclic) bond motifs is 2. The van der Waals surface area contributed by atoms with Crippen LogP contribution in [0.15, 0.2) is 30.3 Å². The maximum Gasteiger partial charge on any atom is 0.140 e. The first-order valence-corrected chi connectivity index (χ1v) is 10.5. The molecule has 1 aromatic carbocycles. The van der Waals surface area contributed by atoms with Gasteiger partial charge in [-0.2, -0.15) is 0 Å². The summed E-state index contributed by atoms with van der Waals surface area (Å²) in [5.41, 5.74) is 4.00. The molecule has 2 saturated carbocycles. The maximum atomic E-state index is 11.8. The van der Waals surface area contributed by atoms with Crippen LogP contribution in [0.2, 0.25) is 0 Å². The van der Waals surface area contributed by atoms with Crippen LogP contribution in [-0.2, 0) is 21.3 Å². The summed E-state index contributed by atoms with van der Waals surface area (Å²) in [6.45, 7) is 4.87. The Bertz CT molecular complexity index is 699. The number of aryl methyl sites for hydroxylation is 1. The quantitative estimate of drug-likeness (QED) is 0.801. The molecule has 2 aliphatic carbocycles. The second kappa shape index (κ2) is 7.56. The lowest BCUT2D eigenvalue weighted by atomic mass is 9.70. The highest BCUT2D eigenvalue weighted by Crippen LogP contribution is 2.64. The Morgan fingerprint density at radius 3 is 2.32 bits per heavy atom. The van der Waals surface area contributed by atoms with Crippen molar-refractivity contribution in [3.05, 3.63) is 35.9 Å². The molecule has 25 heavy (non-hydrogen) atoms. The lowest BCUT2D eigenvalue weighted by molar-refractivity contribution is -0.368. The first-order chi connectivity index (χ1) is 11.6. The molecule has 1 aromatic rings. The Kier molecular flexibility index (Phi) is 6.07. The lowest BCUT2D eigenvalue weighted by Gasteiger charge is -2.37. The maximum absolute atomic E-state index is 11.8. The fraction of sp³-hybridized carbons (Fsp3) is 0.632. The van der Waals surface area contributed by atoms with E-state index in [0.717, 1.165) is 13.0 Å². The normalized spacial score (nSPS) is 27.0. The van der Waals surface area contributed by atoms with Crippen LogP contribution in [0.1, 0.15) is 45.1 Å². The van der Waals surface area contributed by atoms with Crippen LogP contribution in [0.3, 0.4) is 0 Å². The molecule has 2 unspecified atom stereocenters. The second-order valence-electron chi connectivity index (χ2n) is 7.81. The van der Waals surface area contributed by atoms with Crippen LogP contribution >= 0.6 is 0 Å². The van der Waals surface area contributed by atoms with Gasteiger partial charge in [-0.15, -0.1) is 0 Å². The van der Waals surface area contributed by atoms with Gasteiger partial charge in [-0.05, 0) is 36.2 Å². The standard InChI is InChI=1S/C10H16O4S.C9H13N/c1-9(2)7-3-4-10(9,8(11)5-7)6-15(12,13)14;10-8-4-7-9-5-2-1-3-6-9/h7H,3-6H2,1-2H3,(H,12,13,14);1-3,5-6H,4,7-8,10H2. The van der Waals surface area contributed by atoms with Crippen LogP contribution < -0.4 is 5.73 Å². The third-order valence-corrected chi connectivity index (χ3v) is 6.97. The number of hydrogen-bond donors (Lipinski definition) is 1. The van der Waals surface area contributed by atoms with E-state index in [1.165, 1.54) is 18.4 Å². The number of benzene rings is 1. The van der Waals surface area contributed by atoms with Gasteiger partial charge in [0.05, 0.1) is 22.4 Å². The van der Waals surface area contributed by atoms with Crippen molar-refractivity contribution in [2.45, 2.75) is 46.0 Å². The molecule has 0 saturated heterocycles. The first-order valence-electron chi connectivity index (χ1n) is 8.92. The van der Waals surface area contributed by atoms with Crippen molar-refractivity contribution in [2.75, 3.05) is 12.3 Å². The molecule has 2 bridgehead atoms. The van der Waals surface area contributed by atoms with Crippen molar-refractivity contribution in [3.8, 4) is 0 Å². The van der Waals surface area contributed by atoms with E-state index in [-0.39, 0.29) is 17.1 Å². The molecular formula is C19H29NO4S. The molecule has 3 rings (SSSR count). The van der Waals surface area contributed by atoms with E-state index in [2.05, 4.69) is 30.0 Å². The zero-order valence-electron chi connectivity index (χ0n) is 15.2. The van der Waals surface area contributed by atoms with Crippen LogP contribution in [0, 0.1) is 16.7 Å². The molecule has 2 atom stereocenters. The first kappa shape index (κ1) is 20.1. The van der Waals surface area contributed by atoms with Crippen molar-refractivity contribution in [2.24, 2.45) is 16.7 Å². The molecule has 0 amide bonds. The second-order valence-corrected chi connectivity index (χ2v) is 9.22. The van der Waals surface area contributed by atoms with Crippen molar-refractivity contribution in [1.82, 2.24) is 0 Å². The Balaban J connectivity index is 0.000000196. The van der Waals surface area contributed by atoms with E-state index in [0.29, 0.717) is 12.8 Å². The summed E-state index contributed by atoms with van der Waals surface area (Å²) in [6.07, 6.45) is 4.25. The van der Waals surface area contributed by atoms with Gasteiger partial charge in [0.25, 0.3) is 0 Å². The van der Waals surface area contributed by atoms with E-state index in [4.69, 9.17) is 0 Å². The Labute approximate surface area is 150 Å². The SMILES string of the molecule is CC1(C)C2CCC1(CS(=O)(=O)[O-])C(=O)C2.[NH3+]CCCc1ccccc1. The molecular weight excluding hydrogens is 338 g/mol. The number of ketones is 1. The van der Waals surface area contributed by atoms with Crippen LogP contribution in [0.5, 0.6) is 0 Å². The number of carbonyl (C=O) groups is 1. The minimum atomic E-state index is -4.33. The van der Waals surface area contributed by atoms with Crippen molar-refractivity contribution in [1.29, 1.82) is 0 Å². The molecule has 6 heteroatoms. The minimum absolute atomic E-state index is 0.0248. The average molecular weight is 368 g/mol. The van der Waals surface area contributed by atoms with Gasteiger partial charge in [0.15, 0.2) is 0 Å². The topological polar surface area (TPSA) is 102 Å². The van der Waals surface area contributed by atoms with Gasteiger partial charge in [0, 0.05) is 18.3 Å². The predicted octanol–water partition coefficient (Wildman–Crippen LogP) is 1.79. The number of carbonyl (C=O) groups excluding carboxylic acids is 1. The molecule has 140 valence electrons. The molecule has 0 radical (unpaired) electrons. The largest absolute Gasteiger partial charge is 0.748 e. The molecule has 0 spiro atoms. The van der Waals surface area contributed by atoms with Crippen LogP contribution in [0.4, 0.5) is 0 Å². The molecule has 0 aliphatic heterocycles. The Morgan fingerprint density at radius 2 is 1.88 bits per heavy atom. The predicted molar refractivity (Wildman–Crippen MR) is 95.6 cm³/mol. The summed E-state index contributed by atoms with van der Waals surface area (Å²) in [7, 11) is -4.33. The Hall–Kier alpha value is -1.24. The van der Waals surface area contributed by atoms with Gasteiger partial charge in [0.1, 0.15) is 5.78 Å². The van der Waals surface area contributed by atoms with Crippen LogP contribution in [0.25, 0.3) is 0 Å². The van der Waals surface area contributed by atoms with Gasteiger partial charge in [0.2, 0.25) is 0 Å². The Morgan fingerprint density at radius 1 is 1.24 bits per heavy atom. The number of rotatable bonds is 5. The van der Waals surface area contributed by atoms with Crippen LogP contribution in [-0.4, -0.2) is 31.1 Å². The fourth-order valence-electron chi connectivity index (χ4n) is 4.38. The summed E-state index contributed by atoms with van der Waals surface area (Å²) in [5.74, 6) is -0.280. The number of quaternary nitrogens is 1. The van der Waals surface area contributed by atoms with Crippen molar-refractivity contribution in [3.63, 3.8) is 0 Å². The third kappa shape index (κ3) is 4.30. The summed E-state index contributed by atoms with van der Waals surface area (Å²) < 4.78 is 32.7. The lowest BCUT2D eigenvalue weighted by Crippen LogP contribution is -2.50. The van der Waals surface area contributed by atoms with Gasteiger partial charge in [-0.25, -0.2) is 8.42 Å². The van der Waals surface area contributed by atoms with Gasteiger partial charge < -0.3 is 10.3 Å². The molecule has 5 nitrogen and oxygen atoms in total. The molecule has 3 N–H and O–H groups in total. The average Bonchev–Trinajstić information content (AvgIpc) is 2.87. The molecule has 2 aliphatic rings. The number of Topliss-reactive ketones (excluding diaryl/α,β-unsaturated/α-hetero) is 1. The smallest absolute Gasteiger partial charge is 0.140 e. The van der Waals surface area contributed by atoms with E-state index >= 15 is 0 Å². The zero-order valence-corrected chi connectivity index (χ0v) is 16.0. The van der Waals surface area contributed by atoms with Gasteiger partial charge >= 0.3 is 0 Å².